The standard InChI is InChI=1S/C66H96N10O15/c1-39-16-12-11-13-17-40(2)53(86-8)32-48-21-19-44(6)66(85,91-48)59(80)62(82)76-23-15-14-18-50(76)63(83)89-54(33-51(77)41(3)29-43(5)57(79)58(88-10)56(78)42(4)28-39)49(67)30-45-20-22-52(55(31-45)87-9)90-65(84)73-36-46-34-71-64(72-35-46)75-26-24-74(25-27-75)47-37-69-60(70-38-47)61(81)68-7/h11-13,16-17,29,34-35,37-39,41-42,44-45,48-50,52-55,57-58,79,85H,14-15,18-28,30-33,36,67H2,1-10H3,(H,68,81)(H,73,84)/b13-11+,16-12+,40-17+,43-29+/t39-,41-,42-,44-,45+,48+,49-,50+,52-,53+,54+,55-,57-,58+,66-/m1/s1. The van der Waals surface area contributed by atoms with Gasteiger partial charge in [0.1, 0.15) is 36.2 Å². The number of ketones is 3. The SMILES string of the molecule is CNC(=O)c1ncc(N2CCN(c3ncc(CNC(=O)O[C@@H]4CC[C@@H](C[C@@H](N)[C@@H]5CC(=O)[C@H](C)/C=C(\C)[C@@H](O)[C@@H](OC)C(=O)[C@H](C)C[C@H](C)/C=C/C=C/C=C(\C)[C@@H](OC)C[C@@H]6CC[C@@H](C)[C@@](O)(O6)C(=O)C(=O)N6CCCC[C@H]6C(=O)O5)C[C@H]4OC)cn3)CC2)cn1. The molecule has 4 aliphatic heterocycles. The summed E-state index contributed by atoms with van der Waals surface area (Å²) in [6.07, 6.45) is 14.7. The van der Waals surface area contributed by atoms with Crippen LogP contribution in [0, 0.1) is 29.6 Å². The number of amides is 3. The molecule has 2 aromatic rings. The minimum Gasteiger partial charge on any atom is -0.459 e. The highest BCUT2D eigenvalue weighted by Crippen LogP contribution is 2.38. The summed E-state index contributed by atoms with van der Waals surface area (Å²) in [6.45, 7) is 13.3. The number of alkyl carbamates (subject to hydrolysis) is 1. The van der Waals surface area contributed by atoms with Gasteiger partial charge in [0.05, 0.1) is 36.4 Å². The molecule has 4 fully saturated rings. The number of nitrogens with zero attached hydrogens (tertiary/aromatic N) is 7. The number of cyclic esters (lactones) is 1. The second-order valence-corrected chi connectivity index (χ2v) is 25.2. The van der Waals surface area contributed by atoms with Crippen LogP contribution in [0.1, 0.15) is 135 Å². The smallest absolute Gasteiger partial charge is 0.407 e. The molecule has 25 nitrogen and oxygen atoms in total. The molecule has 7 rings (SSSR count). The van der Waals surface area contributed by atoms with Gasteiger partial charge in [-0.15, -0.1) is 0 Å². The first-order valence-corrected chi connectivity index (χ1v) is 32.0. The summed E-state index contributed by atoms with van der Waals surface area (Å²) in [7, 11) is 5.96. The van der Waals surface area contributed by atoms with Crippen LogP contribution in [-0.4, -0.2) is 198 Å². The van der Waals surface area contributed by atoms with Gasteiger partial charge in [-0.1, -0.05) is 64.2 Å². The molecule has 5 aliphatic rings. The first-order chi connectivity index (χ1) is 43.5. The maximum atomic E-state index is 14.7. The zero-order valence-corrected chi connectivity index (χ0v) is 54.5. The van der Waals surface area contributed by atoms with Gasteiger partial charge in [-0.25, -0.2) is 29.5 Å². The van der Waals surface area contributed by atoms with Crippen LogP contribution in [0.5, 0.6) is 0 Å². The number of nitrogens with two attached hydrogens (primary N) is 1. The number of methoxy groups -OCH3 is 3. The number of carbonyl (C=O) groups is 7. The van der Waals surface area contributed by atoms with Crippen LogP contribution >= 0.6 is 0 Å². The highest BCUT2D eigenvalue weighted by Gasteiger charge is 2.53. The second-order valence-electron chi connectivity index (χ2n) is 25.2. The fourth-order valence-corrected chi connectivity index (χ4v) is 12.8. The molecule has 6 heterocycles. The Morgan fingerprint density at radius 3 is 2.18 bits per heavy atom. The minimum absolute atomic E-state index is 0.0134. The molecule has 6 N–H and O–H groups in total. The zero-order valence-electron chi connectivity index (χ0n) is 54.5. The van der Waals surface area contributed by atoms with Crippen molar-refractivity contribution in [1.29, 1.82) is 0 Å². The van der Waals surface area contributed by atoms with Gasteiger partial charge in [-0.3, -0.25) is 24.0 Å². The lowest BCUT2D eigenvalue weighted by atomic mass is 9.80. The quantitative estimate of drug-likeness (QED) is 0.105. The number of aliphatic hydroxyl groups excluding tert-OH is 1. The third-order valence-electron chi connectivity index (χ3n) is 18.6. The van der Waals surface area contributed by atoms with Gasteiger partial charge in [0.2, 0.25) is 17.6 Å². The predicted octanol–water partition coefficient (Wildman–Crippen LogP) is 5.07. The number of fused-ring (bicyclic) bond motifs is 3. The Bertz CT molecular complexity index is 2940. The van der Waals surface area contributed by atoms with Gasteiger partial charge >= 0.3 is 12.1 Å². The molecule has 25 heteroatoms. The van der Waals surface area contributed by atoms with E-state index in [-0.39, 0.29) is 68.1 Å². The highest BCUT2D eigenvalue weighted by atomic mass is 16.6. The van der Waals surface area contributed by atoms with Crippen molar-refractivity contribution in [2.75, 3.05) is 70.9 Å². The fraction of sp³-hybridized carbons (Fsp3) is 0.652. The number of aliphatic hydroxyl groups is 2. The fourth-order valence-electron chi connectivity index (χ4n) is 12.8. The number of anilines is 2. The molecule has 0 spiro atoms. The van der Waals surface area contributed by atoms with E-state index in [0.29, 0.717) is 94.6 Å². The van der Waals surface area contributed by atoms with E-state index in [1.54, 1.807) is 65.7 Å². The maximum absolute atomic E-state index is 14.7. The number of piperazine rings is 1. The molecule has 2 bridgehead atoms. The Labute approximate surface area is 534 Å². The highest BCUT2D eigenvalue weighted by molar-refractivity contribution is 6.39. The number of rotatable bonds is 12. The Morgan fingerprint density at radius 1 is 0.802 bits per heavy atom. The van der Waals surface area contributed by atoms with E-state index in [9.17, 15) is 43.8 Å². The van der Waals surface area contributed by atoms with Crippen molar-refractivity contribution >= 4 is 52.9 Å². The van der Waals surface area contributed by atoms with Gasteiger partial charge < -0.3 is 69.7 Å². The Hall–Kier alpha value is -6.87. The van der Waals surface area contributed by atoms with Crippen molar-refractivity contribution in [1.82, 2.24) is 35.5 Å². The lowest BCUT2D eigenvalue weighted by molar-refractivity contribution is -0.265. The molecule has 1 saturated carbocycles. The molecule has 2 aromatic heterocycles. The normalized spacial score (nSPS) is 33.0. The third-order valence-corrected chi connectivity index (χ3v) is 18.6. The van der Waals surface area contributed by atoms with E-state index in [0.717, 1.165) is 16.2 Å². The van der Waals surface area contributed by atoms with Crippen molar-refractivity contribution in [2.24, 2.45) is 35.3 Å². The summed E-state index contributed by atoms with van der Waals surface area (Å²) in [5.41, 5.74) is 9.68. The number of piperidine rings is 1. The number of hydrogen-bond acceptors (Lipinski definition) is 22. The van der Waals surface area contributed by atoms with Gasteiger partial charge in [0.25, 0.3) is 17.6 Å². The first-order valence-electron chi connectivity index (χ1n) is 32.0. The largest absolute Gasteiger partial charge is 0.459 e. The van der Waals surface area contributed by atoms with Crippen molar-refractivity contribution in [3.63, 3.8) is 0 Å². The summed E-state index contributed by atoms with van der Waals surface area (Å²) in [5, 5.41) is 29.0. The maximum Gasteiger partial charge on any atom is 0.407 e. The first kappa shape index (κ1) is 71.6. The number of hydrogen-bond donors (Lipinski definition) is 5. The molecule has 0 radical (unpaired) electrons. The van der Waals surface area contributed by atoms with Crippen molar-refractivity contribution in [3.05, 3.63) is 83.8 Å². The molecule has 0 unspecified atom stereocenters. The van der Waals surface area contributed by atoms with Gasteiger partial charge in [-0.2, -0.15) is 0 Å². The van der Waals surface area contributed by atoms with E-state index in [1.807, 2.05) is 44.2 Å². The number of nitrogens with one attached hydrogen (secondary N) is 2. The molecule has 91 heavy (non-hydrogen) atoms. The van der Waals surface area contributed by atoms with Crippen LogP contribution in [0.2, 0.25) is 0 Å². The lowest BCUT2D eigenvalue weighted by Gasteiger charge is -2.42. The molecule has 3 amide bonds. The minimum atomic E-state index is -2.50. The molecular formula is C66H96N10O15. The average molecular weight is 1270 g/mol. The zero-order chi connectivity index (χ0) is 66.1. The molecule has 15 atom stereocenters. The van der Waals surface area contributed by atoms with Crippen LogP contribution in [-0.2, 0) is 58.9 Å². The van der Waals surface area contributed by atoms with Crippen LogP contribution in [0.3, 0.4) is 0 Å². The third kappa shape index (κ3) is 18.9. The molecule has 0 aromatic carbocycles. The topological polar surface area (TPSA) is 327 Å². The summed E-state index contributed by atoms with van der Waals surface area (Å²) in [4.78, 5) is 120. The Kier molecular flexibility index (Phi) is 26.4. The van der Waals surface area contributed by atoms with Crippen LogP contribution in [0.25, 0.3) is 0 Å². The molecule has 1 aliphatic carbocycles. The van der Waals surface area contributed by atoms with E-state index in [4.69, 9.17) is 34.2 Å². The van der Waals surface area contributed by atoms with Crippen LogP contribution in [0.15, 0.2) is 72.4 Å². The predicted molar refractivity (Wildman–Crippen MR) is 337 cm³/mol. The number of Topliss-reactive ketones (excluding diaryl/α,β-unsaturated/α-hetero) is 3. The Balaban J connectivity index is 1.02. The van der Waals surface area contributed by atoms with Crippen LogP contribution in [0.4, 0.5) is 16.4 Å². The summed E-state index contributed by atoms with van der Waals surface area (Å²) < 4.78 is 35.7. The van der Waals surface area contributed by atoms with Gasteiger partial charge in [0, 0.05) is 122 Å². The lowest BCUT2D eigenvalue weighted by Crippen LogP contribution is -2.61. The van der Waals surface area contributed by atoms with E-state index in [2.05, 4.69) is 40.4 Å². The van der Waals surface area contributed by atoms with E-state index in [1.165, 1.54) is 21.3 Å². The second kappa shape index (κ2) is 33.6. The van der Waals surface area contributed by atoms with E-state index >= 15 is 0 Å². The summed E-state index contributed by atoms with van der Waals surface area (Å²) in [6, 6.07) is -2.21. The monoisotopic (exact) mass is 1270 g/mol. The van der Waals surface area contributed by atoms with E-state index < -0.39 is 108 Å². The van der Waals surface area contributed by atoms with Gasteiger partial charge in [0.15, 0.2) is 5.78 Å². The number of carbonyl (C=O) groups excluding carboxylic acids is 7. The number of esters is 1. The van der Waals surface area contributed by atoms with Crippen molar-refractivity contribution < 1.29 is 72.2 Å². The summed E-state index contributed by atoms with van der Waals surface area (Å²) in [5.74, 6) is -8.35. The van der Waals surface area contributed by atoms with Gasteiger partial charge in [-0.05, 0) is 101 Å². The van der Waals surface area contributed by atoms with Crippen molar-refractivity contribution in [3.8, 4) is 0 Å². The summed E-state index contributed by atoms with van der Waals surface area (Å²) >= 11 is 0. The Morgan fingerprint density at radius 2 is 1.51 bits per heavy atom. The average Bonchev–Trinajstić information content (AvgIpc) is 0.803. The van der Waals surface area contributed by atoms with Crippen molar-refractivity contribution in [2.45, 2.75) is 186 Å². The number of allylic oxidation sites excluding steroid dienone is 6. The number of aromatic nitrogens is 4. The molecule has 500 valence electrons. The molecule has 3 saturated heterocycles. The molecular weight excluding hydrogens is 1170 g/mol. The number of ether oxygens (including phenoxy) is 6. The van der Waals surface area contributed by atoms with Crippen LogP contribution < -0.4 is 26.2 Å².